The van der Waals surface area contributed by atoms with E-state index in [1.807, 2.05) is 0 Å². The molecule has 9 heteroatoms. The average molecular weight is 396 g/mol. The van der Waals surface area contributed by atoms with Crippen LogP contribution in [0.25, 0.3) is 0 Å². The summed E-state index contributed by atoms with van der Waals surface area (Å²) in [6.45, 7) is 0.451. The van der Waals surface area contributed by atoms with Crippen molar-refractivity contribution >= 4 is 15.9 Å². The van der Waals surface area contributed by atoms with Crippen molar-refractivity contribution in [1.29, 1.82) is 0 Å². The minimum absolute atomic E-state index is 0.0165. The molecule has 0 aliphatic carbocycles. The molecule has 1 amide bonds. The number of carbonyl (C=O) groups excluding carboxylic acids is 1. The van der Waals surface area contributed by atoms with Gasteiger partial charge in [0.25, 0.3) is 0 Å². The van der Waals surface area contributed by atoms with Gasteiger partial charge >= 0.3 is 0 Å². The highest BCUT2D eigenvalue weighted by atomic mass is 32.2. The first-order valence-electron chi connectivity index (χ1n) is 8.29. The number of para-hydroxylation sites is 1. The Morgan fingerprint density at radius 1 is 1.00 bits per heavy atom. The van der Waals surface area contributed by atoms with Gasteiger partial charge in [-0.15, -0.1) is 0 Å². The molecule has 6 nitrogen and oxygen atoms in total. The van der Waals surface area contributed by atoms with E-state index in [1.165, 1.54) is 11.0 Å². The van der Waals surface area contributed by atoms with Crippen LogP contribution in [0.3, 0.4) is 0 Å². The first-order chi connectivity index (χ1) is 12.8. The number of amides is 1. The number of benzene rings is 2. The van der Waals surface area contributed by atoms with E-state index in [1.54, 1.807) is 18.2 Å². The van der Waals surface area contributed by atoms with Gasteiger partial charge in [0.1, 0.15) is 5.75 Å². The van der Waals surface area contributed by atoms with Crippen molar-refractivity contribution < 1.29 is 27.1 Å². The normalized spacial score (nSPS) is 15.7. The molecular weight excluding hydrogens is 378 g/mol. The maximum Gasteiger partial charge on any atom is 0.243 e. The van der Waals surface area contributed by atoms with Crippen LogP contribution in [0.5, 0.6) is 5.75 Å². The number of sulfonamides is 1. The summed E-state index contributed by atoms with van der Waals surface area (Å²) in [7, 11) is -3.97. The van der Waals surface area contributed by atoms with Gasteiger partial charge in [0.05, 0.1) is 11.3 Å². The molecule has 3 rings (SSSR count). The Labute approximate surface area is 155 Å². The number of hydrogen-bond donors (Lipinski definition) is 1. The minimum atomic E-state index is -3.97. The molecule has 1 N–H and O–H groups in total. The summed E-state index contributed by atoms with van der Waals surface area (Å²) in [5.41, 5.74) is 0.499. The molecule has 2 aromatic rings. The van der Waals surface area contributed by atoms with Crippen LogP contribution in [-0.2, 0) is 21.2 Å². The molecule has 1 heterocycles. The Morgan fingerprint density at radius 2 is 1.67 bits per heavy atom. The fraction of sp³-hybridized carbons (Fsp3) is 0.278. The predicted octanol–water partition coefficient (Wildman–Crippen LogP) is 1.75. The number of halogens is 2. The molecule has 0 spiro atoms. The van der Waals surface area contributed by atoms with Gasteiger partial charge in [0.2, 0.25) is 15.9 Å². The van der Waals surface area contributed by atoms with Crippen molar-refractivity contribution in [3.63, 3.8) is 0 Å². The van der Waals surface area contributed by atoms with Gasteiger partial charge < -0.3 is 10.0 Å². The quantitative estimate of drug-likeness (QED) is 0.854. The summed E-state index contributed by atoms with van der Waals surface area (Å²) in [6.07, 6.45) is 0.0165. The maximum atomic E-state index is 13.4. The van der Waals surface area contributed by atoms with Crippen LogP contribution in [0, 0.1) is 11.6 Å². The van der Waals surface area contributed by atoms with Crippen LogP contribution < -0.4 is 0 Å². The van der Waals surface area contributed by atoms with E-state index in [-0.39, 0.29) is 49.2 Å². The van der Waals surface area contributed by atoms with Crippen molar-refractivity contribution in [2.75, 3.05) is 26.2 Å². The topological polar surface area (TPSA) is 77.9 Å². The molecule has 1 saturated heterocycles. The molecule has 0 radical (unpaired) electrons. The average Bonchev–Trinajstić information content (AvgIpc) is 2.65. The lowest BCUT2D eigenvalue weighted by Gasteiger charge is -2.34. The lowest BCUT2D eigenvalue weighted by molar-refractivity contribution is -0.131. The lowest BCUT2D eigenvalue weighted by atomic mass is 10.1. The molecule has 27 heavy (non-hydrogen) atoms. The summed E-state index contributed by atoms with van der Waals surface area (Å²) in [5, 5.41) is 9.76. The van der Waals surface area contributed by atoms with Crippen LogP contribution in [0.2, 0.25) is 0 Å². The van der Waals surface area contributed by atoms with Gasteiger partial charge in [-0.3, -0.25) is 4.79 Å². The Kier molecular flexibility index (Phi) is 5.43. The molecule has 2 aromatic carbocycles. The third-order valence-electron chi connectivity index (χ3n) is 4.45. The molecule has 144 valence electrons. The highest BCUT2D eigenvalue weighted by Gasteiger charge is 2.30. The Balaban J connectivity index is 1.65. The molecular formula is C18H18F2N2O4S. The van der Waals surface area contributed by atoms with E-state index >= 15 is 0 Å². The molecule has 0 atom stereocenters. The van der Waals surface area contributed by atoms with Crippen LogP contribution in [0.4, 0.5) is 8.78 Å². The second-order valence-corrected chi connectivity index (χ2v) is 8.10. The summed E-state index contributed by atoms with van der Waals surface area (Å²) in [5.74, 6) is -2.53. The van der Waals surface area contributed by atoms with Crippen molar-refractivity contribution in [3.8, 4) is 5.75 Å². The van der Waals surface area contributed by atoms with Crippen molar-refractivity contribution in [2.24, 2.45) is 0 Å². The summed E-state index contributed by atoms with van der Waals surface area (Å²) < 4.78 is 52.7. The number of carbonyl (C=O) groups is 1. The monoisotopic (exact) mass is 396 g/mol. The van der Waals surface area contributed by atoms with Gasteiger partial charge in [0.15, 0.2) is 11.6 Å². The number of aromatic hydroxyl groups is 1. The summed E-state index contributed by atoms with van der Waals surface area (Å²) in [6, 6.07) is 8.96. The minimum Gasteiger partial charge on any atom is -0.508 e. The number of rotatable bonds is 4. The number of nitrogens with zero attached hydrogens (tertiary/aromatic N) is 2. The van der Waals surface area contributed by atoms with Gasteiger partial charge in [-0.25, -0.2) is 17.2 Å². The van der Waals surface area contributed by atoms with E-state index in [2.05, 4.69) is 0 Å². The van der Waals surface area contributed by atoms with Gasteiger partial charge in [-0.2, -0.15) is 4.31 Å². The zero-order chi connectivity index (χ0) is 19.6. The zero-order valence-electron chi connectivity index (χ0n) is 14.3. The molecule has 1 aliphatic rings. The molecule has 0 unspecified atom stereocenters. The highest BCUT2D eigenvalue weighted by Crippen LogP contribution is 2.21. The first-order valence-corrected chi connectivity index (χ1v) is 9.73. The van der Waals surface area contributed by atoms with Crippen molar-refractivity contribution in [3.05, 3.63) is 59.7 Å². The molecule has 0 saturated carbocycles. The number of phenols is 1. The molecule has 1 fully saturated rings. The van der Waals surface area contributed by atoms with E-state index < -0.39 is 21.7 Å². The van der Waals surface area contributed by atoms with Crippen molar-refractivity contribution in [1.82, 2.24) is 9.21 Å². The van der Waals surface area contributed by atoms with Crippen LogP contribution in [0.1, 0.15) is 5.56 Å². The Morgan fingerprint density at radius 3 is 2.30 bits per heavy atom. The molecule has 0 bridgehead atoms. The second-order valence-electron chi connectivity index (χ2n) is 6.17. The molecule has 1 aliphatic heterocycles. The predicted molar refractivity (Wildman–Crippen MR) is 93.5 cm³/mol. The number of piperazine rings is 1. The van der Waals surface area contributed by atoms with Gasteiger partial charge in [-0.1, -0.05) is 18.2 Å². The fourth-order valence-electron chi connectivity index (χ4n) is 2.90. The first kappa shape index (κ1) is 19.2. The van der Waals surface area contributed by atoms with E-state index in [0.29, 0.717) is 11.6 Å². The number of phenolic OH excluding ortho intramolecular Hbond substituents is 1. The fourth-order valence-corrected chi connectivity index (χ4v) is 4.33. The van der Waals surface area contributed by atoms with Crippen LogP contribution in [-0.4, -0.2) is 54.8 Å². The summed E-state index contributed by atoms with van der Waals surface area (Å²) in [4.78, 5) is 13.6. The lowest BCUT2D eigenvalue weighted by Crippen LogP contribution is -2.50. The van der Waals surface area contributed by atoms with Crippen LogP contribution in [0.15, 0.2) is 47.4 Å². The highest BCUT2D eigenvalue weighted by molar-refractivity contribution is 7.89. The van der Waals surface area contributed by atoms with E-state index in [9.17, 15) is 27.1 Å². The largest absolute Gasteiger partial charge is 0.508 e. The smallest absolute Gasteiger partial charge is 0.243 e. The Bertz CT molecular complexity index is 958. The van der Waals surface area contributed by atoms with E-state index in [4.69, 9.17) is 0 Å². The number of hydrogen-bond acceptors (Lipinski definition) is 4. The second kappa shape index (κ2) is 7.61. The zero-order valence-corrected chi connectivity index (χ0v) is 15.1. The summed E-state index contributed by atoms with van der Waals surface area (Å²) >= 11 is 0. The van der Waals surface area contributed by atoms with Crippen LogP contribution >= 0.6 is 0 Å². The standard InChI is InChI=1S/C18H18F2N2O4S/c19-15-6-5-14(12-16(15)20)27(25,26)22-9-7-21(8-10-22)18(24)11-13-3-1-2-4-17(13)23/h1-6,12,23H,7-11H2. The third kappa shape index (κ3) is 4.09. The molecule has 0 aromatic heterocycles. The van der Waals surface area contributed by atoms with Crippen molar-refractivity contribution in [2.45, 2.75) is 11.3 Å². The van der Waals surface area contributed by atoms with Gasteiger partial charge in [0, 0.05) is 31.7 Å². The van der Waals surface area contributed by atoms with E-state index in [0.717, 1.165) is 16.4 Å². The maximum absolute atomic E-state index is 13.4. The SMILES string of the molecule is O=C(Cc1ccccc1O)N1CCN(S(=O)(=O)c2ccc(F)c(F)c2)CC1. The third-order valence-corrected chi connectivity index (χ3v) is 6.35. The Hall–Kier alpha value is -2.52. The van der Waals surface area contributed by atoms with Gasteiger partial charge in [-0.05, 0) is 24.3 Å².